The van der Waals surface area contributed by atoms with Gasteiger partial charge in [-0.3, -0.25) is 9.47 Å². The summed E-state index contributed by atoms with van der Waals surface area (Å²) in [5, 5.41) is 3.81. The van der Waals surface area contributed by atoms with Crippen LogP contribution in [0.2, 0.25) is 0 Å². The Morgan fingerprint density at radius 2 is 1.80 bits per heavy atom. The molecule has 7 nitrogen and oxygen atoms in total. The summed E-state index contributed by atoms with van der Waals surface area (Å²) < 4.78 is 12.8. The van der Waals surface area contributed by atoms with Crippen molar-refractivity contribution in [1.82, 2.24) is 19.4 Å². The summed E-state index contributed by atoms with van der Waals surface area (Å²) in [5.41, 5.74) is 3.41. The highest BCUT2D eigenvalue weighted by Gasteiger charge is 2.43. The van der Waals surface area contributed by atoms with E-state index < -0.39 is 0 Å². The Bertz CT molecular complexity index is 1050. The van der Waals surface area contributed by atoms with E-state index in [1.807, 2.05) is 31.3 Å². The molecule has 0 radical (unpaired) electrons. The molecule has 1 aromatic carbocycles. The maximum Gasteiger partial charge on any atom is 0.215 e. The van der Waals surface area contributed by atoms with Gasteiger partial charge in [-0.15, -0.1) is 0 Å². The monoisotopic (exact) mass is 405 g/mol. The predicted molar refractivity (Wildman–Crippen MR) is 115 cm³/mol. The fourth-order valence-electron chi connectivity index (χ4n) is 4.65. The van der Waals surface area contributed by atoms with Gasteiger partial charge in [0.15, 0.2) is 5.82 Å². The largest absolute Gasteiger partial charge is 0.497 e. The Kier molecular flexibility index (Phi) is 4.62. The lowest BCUT2D eigenvalue weighted by Gasteiger charge is -2.45. The second kappa shape index (κ2) is 7.32. The van der Waals surface area contributed by atoms with Crippen LogP contribution >= 0.6 is 0 Å². The second-order valence-corrected chi connectivity index (χ2v) is 8.08. The van der Waals surface area contributed by atoms with E-state index in [4.69, 9.17) is 9.47 Å². The van der Waals surface area contributed by atoms with Gasteiger partial charge in [-0.1, -0.05) is 12.1 Å². The van der Waals surface area contributed by atoms with Crippen LogP contribution in [0, 0.1) is 6.92 Å². The Balaban J connectivity index is 1.38. The number of likely N-dealkylation sites (tertiary alicyclic amines) is 1. The van der Waals surface area contributed by atoms with Crippen molar-refractivity contribution in [3.63, 3.8) is 0 Å². The summed E-state index contributed by atoms with van der Waals surface area (Å²) in [5.74, 6) is 3.33. The van der Waals surface area contributed by atoms with Crippen molar-refractivity contribution >= 4 is 5.69 Å². The van der Waals surface area contributed by atoms with E-state index in [1.54, 1.807) is 14.2 Å². The normalized spacial score (nSPS) is 17.2. The number of nitrogens with zero attached hydrogens (tertiary/aromatic N) is 4. The van der Waals surface area contributed by atoms with Crippen LogP contribution in [-0.4, -0.2) is 46.7 Å². The number of imidazole rings is 1. The van der Waals surface area contributed by atoms with Gasteiger partial charge in [-0.05, 0) is 43.5 Å². The summed E-state index contributed by atoms with van der Waals surface area (Å²) in [7, 11) is 3.35. The van der Waals surface area contributed by atoms with Crippen LogP contribution in [-0.2, 0) is 12.1 Å². The van der Waals surface area contributed by atoms with Crippen molar-refractivity contribution < 1.29 is 9.47 Å². The molecule has 5 rings (SSSR count). The molecule has 1 N–H and O–H groups in total. The number of aryl methyl sites for hydroxylation is 1. The predicted octanol–water partition coefficient (Wildman–Crippen LogP) is 3.51. The van der Waals surface area contributed by atoms with E-state index in [0.29, 0.717) is 5.88 Å². The fourth-order valence-corrected chi connectivity index (χ4v) is 4.65. The molecule has 156 valence electrons. The highest BCUT2D eigenvalue weighted by Crippen LogP contribution is 2.43. The first-order valence-electron chi connectivity index (χ1n) is 10.4. The molecule has 0 amide bonds. The molecule has 0 aliphatic carbocycles. The quantitative estimate of drug-likeness (QED) is 0.717. The molecule has 30 heavy (non-hydrogen) atoms. The molecule has 0 atom stereocenters. The number of rotatable bonds is 4. The van der Waals surface area contributed by atoms with Crippen molar-refractivity contribution in [2.24, 2.45) is 0 Å². The Morgan fingerprint density at radius 3 is 2.50 bits per heavy atom. The van der Waals surface area contributed by atoms with Gasteiger partial charge >= 0.3 is 0 Å². The van der Waals surface area contributed by atoms with E-state index in [9.17, 15) is 0 Å². The van der Waals surface area contributed by atoms with Gasteiger partial charge in [-0.2, -0.15) is 4.98 Å². The third-order valence-electron chi connectivity index (χ3n) is 6.35. The highest BCUT2D eigenvalue weighted by atomic mass is 16.5. The van der Waals surface area contributed by atoms with E-state index in [2.05, 4.69) is 43.0 Å². The number of hydrogen-bond acceptors (Lipinski definition) is 6. The first-order valence-corrected chi connectivity index (χ1v) is 10.4. The number of anilines is 1. The van der Waals surface area contributed by atoms with Crippen LogP contribution < -0.4 is 14.8 Å². The molecule has 2 aliphatic rings. The fraction of sp³-hybridized carbons (Fsp3) is 0.391. The lowest BCUT2D eigenvalue weighted by molar-refractivity contribution is 0.161. The number of nitrogens with one attached hydrogen (secondary N) is 1. The zero-order valence-electron chi connectivity index (χ0n) is 17.7. The second-order valence-electron chi connectivity index (χ2n) is 8.08. The summed E-state index contributed by atoms with van der Waals surface area (Å²) in [6.45, 7) is 5.02. The minimum absolute atomic E-state index is 0.124. The number of methoxy groups -OCH3 is 2. The average molecular weight is 406 g/mol. The van der Waals surface area contributed by atoms with Crippen molar-refractivity contribution in [2.45, 2.75) is 31.8 Å². The zero-order chi connectivity index (χ0) is 20.7. The number of piperidine rings is 1. The van der Waals surface area contributed by atoms with Gasteiger partial charge in [0.05, 0.1) is 37.3 Å². The Morgan fingerprint density at radius 1 is 1.03 bits per heavy atom. The van der Waals surface area contributed by atoms with Gasteiger partial charge in [-0.25, -0.2) is 4.98 Å². The summed E-state index contributed by atoms with van der Waals surface area (Å²) >= 11 is 0. The summed E-state index contributed by atoms with van der Waals surface area (Å²) in [4.78, 5) is 11.8. The van der Waals surface area contributed by atoms with Gasteiger partial charge < -0.3 is 14.8 Å². The molecule has 2 aliphatic heterocycles. The van der Waals surface area contributed by atoms with Crippen molar-refractivity contribution in [2.75, 3.05) is 32.6 Å². The van der Waals surface area contributed by atoms with Crippen LogP contribution in [0.4, 0.5) is 5.69 Å². The minimum Gasteiger partial charge on any atom is -0.497 e. The van der Waals surface area contributed by atoms with Gasteiger partial charge in [0.25, 0.3) is 0 Å². The smallest absolute Gasteiger partial charge is 0.215 e. The maximum absolute atomic E-state index is 5.35. The molecule has 7 heteroatoms. The van der Waals surface area contributed by atoms with Crippen LogP contribution in [0.15, 0.2) is 42.6 Å². The molecular weight excluding hydrogens is 378 g/mol. The summed E-state index contributed by atoms with van der Waals surface area (Å²) in [6.07, 6.45) is 4.03. The zero-order valence-corrected chi connectivity index (χ0v) is 17.7. The Labute approximate surface area is 176 Å². The average Bonchev–Trinajstić information content (AvgIpc) is 3.19. The topological polar surface area (TPSA) is 64.4 Å². The lowest BCUT2D eigenvalue weighted by atomic mass is 9.82. The van der Waals surface area contributed by atoms with Crippen molar-refractivity contribution in [3.8, 4) is 17.4 Å². The number of aromatic nitrogens is 3. The van der Waals surface area contributed by atoms with Crippen molar-refractivity contribution in [3.05, 3.63) is 59.7 Å². The van der Waals surface area contributed by atoms with Crippen LogP contribution in [0.3, 0.4) is 0 Å². The molecule has 1 spiro atoms. The minimum atomic E-state index is -0.124. The van der Waals surface area contributed by atoms with Crippen LogP contribution in [0.5, 0.6) is 11.6 Å². The van der Waals surface area contributed by atoms with E-state index >= 15 is 0 Å². The van der Waals surface area contributed by atoms with Crippen LogP contribution in [0.25, 0.3) is 5.82 Å². The molecule has 4 heterocycles. The standard InChI is InChI=1S/C23H27N5O2/c1-16-24-14-20-23(26-19-8-9-21(30-3)25-22(19)28(16)20)10-12-27(13-11-23)15-17-4-6-18(29-2)7-5-17/h4-9,14,26H,10-13,15H2,1-3H3. The molecule has 1 saturated heterocycles. The SMILES string of the molecule is COc1ccc(CN2CCC3(CC2)Nc2ccc(OC)nc2-n2c3cnc2C)cc1. The molecular formula is C23H27N5O2. The molecule has 0 saturated carbocycles. The third-order valence-corrected chi connectivity index (χ3v) is 6.35. The maximum atomic E-state index is 5.35. The third kappa shape index (κ3) is 3.10. The molecule has 1 fully saturated rings. The van der Waals surface area contributed by atoms with Gasteiger partial charge in [0, 0.05) is 25.7 Å². The first-order chi connectivity index (χ1) is 14.6. The van der Waals surface area contributed by atoms with Gasteiger partial charge in [0.1, 0.15) is 11.6 Å². The van der Waals surface area contributed by atoms with E-state index in [-0.39, 0.29) is 5.54 Å². The number of fused-ring (bicyclic) bond motifs is 4. The van der Waals surface area contributed by atoms with Gasteiger partial charge in [0.2, 0.25) is 5.88 Å². The molecule has 0 bridgehead atoms. The van der Waals surface area contributed by atoms with Crippen LogP contribution in [0.1, 0.15) is 29.9 Å². The summed E-state index contributed by atoms with van der Waals surface area (Å²) in [6, 6.07) is 12.3. The number of benzene rings is 1. The molecule has 3 aromatic rings. The number of pyridine rings is 1. The van der Waals surface area contributed by atoms with Crippen molar-refractivity contribution in [1.29, 1.82) is 0 Å². The number of hydrogen-bond donors (Lipinski definition) is 1. The first kappa shape index (κ1) is 18.9. The number of ether oxygens (including phenoxy) is 2. The van der Waals surface area contributed by atoms with E-state index in [1.165, 1.54) is 11.3 Å². The molecule has 0 unspecified atom stereocenters. The van der Waals surface area contributed by atoms with E-state index in [0.717, 1.165) is 55.6 Å². The Hall–Kier alpha value is -3.06. The molecule has 2 aromatic heterocycles. The highest BCUT2D eigenvalue weighted by molar-refractivity contribution is 5.64. The lowest BCUT2D eigenvalue weighted by Crippen LogP contribution is -2.49.